The quantitative estimate of drug-likeness (QED) is 0.821. The van der Waals surface area contributed by atoms with Crippen molar-refractivity contribution in [2.75, 3.05) is 0 Å². The molecule has 0 aliphatic rings. The lowest BCUT2D eigenvalue weighted by molar-refractivity contribution is 0.169. The average molecular weight is 207 g/mol. The monoisotopic (exact) mass is 207 g/mol. The highest BCUT2D eigenvalue weighted by molar-refractivity contribution is 7.18. The molecule has 1 aromatic heterocycles. The van der Waals surface area contributed by atoms with E-state index in [1.165, 1.54) is 4.70 Å². The molecule has 2 atom stereocenters. The summed E-state index contributed by atoms with van der Waals surface area (Å²) in [5.41, 5.74) is 1.03. The number of aliphatic hydroxyl groups is 1. The number of benzene rings is 1. The van der Waals surface area contributed by atoms with Crippen LogP contribution in [0.15, 0.2) is 24.3 Å². The Kier molecular flexibility index (Phi) is 2.52. The molecule has 0 aliphatic carbocycles. The van der Waals surface area contributed by atoms with Gasteiger partial charge in [0.05, 0.1) is 21.3 Å². The summed E-state index contributed by atoms with van der Waals surface area (Å²) in [5, 5.41) is 10.5. The first-order valence-corrected chi connectivity index (χ1v) is 5.53. The van der Waals surface area contributed by atoms with E-state index >= 15 is 0 Å². The molecule has 74 valence electrons. The average Bonchev–Trinajstić information content (AvgIpc) is 2.59. The van der Waals surface area contributed by atoms with E-state index in [1.54, 1.807) is 18.3 Å². The Morgan fingerprint density at radius 2 is 2.00 bits per heavy atom. The second-order valence-corrected chi connectivity index (χ2v) is 4.61. The minimum Gasteiger partial charge on any atom is -0.393 e. The van der Waals surface area contributed by atoms with E-state index in [0.29, 0.717) is 0 Å². The topological polar surface area (TPSA) is 33.1 Å². The molecule has 0 unspecified atom stereocenters. The second kappa shape index (κ2) is 3.67. The van der Waals surface area contributed by atoms with Crippen LogP contribution >= 0.6 is 11.3 Å². The van der Waals surface area contributed by atoms with Gasteiger partial charge in [0.25, 0.3) is 0 Å². The lowest BCUT2D eigenvalue weighted by atomic mass is 10.1. The molecule has 2 nitrogen and oxygen atoms in total. The molecule has 0 bridgehead atoms. The number of para-hydroxylation sites is 1. The first-order chi connectivity index (χ1) is 6.68. The summed E-state index contributed by atoms with van der Waals surface area (Å²) in [5.74, 6) is 0.118. The number of hydrogen-bond acceptors (Lipinski definition) is 3. The van der Waals surface area contributed by atoms with Crippen molar-refractivity contribution >= 4 is 21.6 Å². The fourth-order valence-corrected chi connectivity index (χ4v) is 2.41. The molecular weight excluding hydrogens is 194 g/mol. The molecule has 0 radical (unpaired) electrons. The van der Waals surface area contributed by atoms with Crippen molar-refractivity contribution in [3.8, 4) is 0 Å². The number of nitrogens with zero attached hydrogens (tertiary/aromatic N) is 1. The predicted molar refractivity (Wildman–Crippen MR) is 59.7 cm³/mol. The van der Waals surface area contributed by atoms with Gasteiger partial charge < -0.3 is 5.11 Å². The maximum Gasteiger partial charge on any atom is 0.0992 e. The summed E-state index contributed by atoms with van der Waals surface area (Å²) < 4.78 is 1.19. The van der Waals surface area contributed by atoms with Gasteiger partial charge in [-0.1, -0.05) is 19.1 Å². The highest BCUT2D eigenvalue weighted by Gasteiger charge is 2.15. The van der Waals surface area contributed by atoms with Gasteiger partial charge in [0.2, 0.25) is 0 Å². The van der Waals surface area contributed by atoms with Crippen LogP contribution in [0.4, 0.5) is 0 Å². The standard InChI is InChI=1S/C11H13NOS/c1-7(8(2)13)11-12-9-5-3-4-6-10(9)14-11/h3-8,13H,1-2H3/t7-,8-/m0/s1. The Bertz CT molecular complexity index is 403. The molecule has 0 amide bonds. The summed E-state index contributed by atoms with van der Waals surface area (Å²) in [6, 6.07) is 8.06. The van der Waals surface area contributed by atoms with Crippen LogP contribution in [-0.2, 0) is 0 Å². The molecule has 1 heterocycles. The summed E-state index contributed by atoms with van der Waals surface area (Å²) in [4.78, 5) is 4.49. The Hall–Kier alpha value is -0.930. The predicted octanol–water partition coefficient (Wildman–Crippen LogP) is 2.78. The normalized spacial score (nSPS) is 15.6. The first kappa shape index (κ1) is 9.62. The molecule has 2 rings (SSSR count). The van der Waals surface area contributed by atoms with Gasteiger partial charge in [-0.05, 0) is 19.1 Å². The van der Waals surface area contributed by atoms with E-state index in [1.807, 2.05) is 25.1 Å². The van der Waals surface area contributed by atoms with Crippen LogP contribution in [0.1, 0.15) is 24.8 Å². The first-order valence-electron chi connectivity index (χ1n) is 4.72. The number of rotatable bonds is 2. The molecule has 1 aromatic carbocycles. The summed E-state index contributed by atoms with van der Waals surface area (Å²) in [6.45, 7) is 3.80. The van der Waals surface area contributed by atoms with Gasteiger partial charge in [-0.25, -0.2) is 4.98 Å². The van der Waals surface area contributed by atoms with Gasteiger partial charge in [0, 0.05) is 5.92 Å². The minimum absolute atomic E-state index is 0.118. The molecule has 0 fully saturated rings. The van der Waals surface area contributed by atoms with Crippen LogP contribution in [0, 0.1) is 0 Å². The van der Waals surface area contributed by atoms with Gasteiger partial charge in [0.15, 0.2) is 0 Å². The molecule has 0 saturated heterocycles. The maximum atomic E-state index is 9.47. The number of aromatic nitrogens is 1. The van der Waals surface area contributed by atoms with Crippen LogP contribution in [0.25, 0.3) is 10.2 Å². The van der Waals surface area contributed by atoms with Crippen LogP contribution in [0.3, 0.4) is 0 Å². The van der Waals surface area contributed by atoms with E-state index < -0.39 is 0 Å². The zero-order valence-electron chi connectivity index (χ0n) is 8.27. The van der Waals surface area contributed by atoms with Gasteiger partial charge in [-0.2, -0.15) is 0 Å². The van der Waals surface area contributed by atoms with Gasteiger partial charge in [-0.15, -0.1) is 11.3 Å². The molecule has 0 saturated carbocycles. The fraction of sp³-hybridized carbons (Fsp3) is 0.364. The highest BCUT2D eigenvalue weighted by Crippen LogP contribution is 2.28. The van der Waals surface area contributed by atoms with Crippen LogP contribution in [-0.4, -0.2) is 16.2 Å². The van der Waals surface area contributed by atoms with Crippen molar-refractivity contribution in [3.05, 3.63) is 29.3 Å². The van der Waals surface area contributed by atoms with E-state index in [0.717, 1.165) is 10.5 Å². The second-order valence-electron chi connectivity index (χ2n) is 3.55. The molecule has 2 aromatic rings. The summed E-state index contributed by atoms with van der Waals surface area (Å²) in [7, 11) is 0. The van der Waals surface area contributed by atoms with Gasteiger partial charge >= 0.3 is 0 Å². The van der Waals surface area contributed by atoms with E-state index in [9.17, 15) is 5.11 Å². The Labute approximate surface area is 87.2 Å². The molecule has 3 heteroatoms. The number of aliphatic hydroxyl groups excluding tert-OH is 1. The van der Waals surface area contributed by atoms with E-state index in [2.05, 4.69) is 11.1 Å². The third-order valence-electron chi connectivity index (χ3n) is 2.42. The van der Waals surface area contributed by atoms with E-state index in [4.69, 9.17) is 0 Å². The van der Waals surface area contributed by atoms with Crippen molar-refractivity contribution in [1.29, 1.82) is 0 Å². The van der Waals surface area contributed by atoms with Crippen molar-refractivity contribution in [3.63, 3.8) is 0 Å². The molecule has 14 heavy (non-hydrogen) atoms. The summed E-state index contributed by atoms with van der Waals surface area (Å²) >= 11 is 1.66. The lowest BCUT2D eigenvalue weighted by Crippen LogP contribution is -2.10. The Morgan fingerprint density at radius 1 is 1.29 bits per heavy atom. The fourth-order valence-electron chi connectivity index (χ4n) is 1.29. The van der Waals surface area contributed by atoms with Crippen molar-refractivity contribution in [2.45, 2.75) is 25.9 Å². The van der Waals surface area contributed by atoms with Gasteiger partial charge in [0.1, 0.15) is 0 Å². The third kappa shape index (κ3) is 1.65. The molecule has 1 N–H and O–H groups in total. The lowest BCUT2D eigenvalue weighted by Gasteiger charge is -2.10. The van der Waals surface area contributed by atoms with Crippen LogP contribution < -0.4 is 0 Å². The molecular formula is C11H13NOS. The maximum absolute atomic E-state index is 9.47. The van der Waals surface area contributed by atoms with Crippen LogP contribution in [0.2, 0.25) is 0 Å². The van der Waals surface area contributed by atoms with Crippen molar-refractivity contribution in [1.82, 2.24) is 4.98 Å². The zero-order valence-corrected chi connectivity index (χ0v) is 9.08. The van der Waals surface area contributed by atoms with Crippen molar-refractivity contribution in [2.24, 2.45) is 0 Å². The highest BCUT2D eigenvalue weighted by atomic mass is 32.1. The largest absolute Gasteiger partial charge is 0.393 e. The van der Waals surface area contributed by atoms with Crippen LogP contribution in [0.5, 0.6) is 0 Å². The van der Waals surface area contributed by atoms with Gasteiger partial charge in [-0.3, -0.25) is 0 Å². The minimum atomic E-state index is -0.337. The van der Waals surface area contributed by atoms with E-state index in [-0.39, 0.29) is 12.0 Å². The Morgan fingerprint density at radius 3 is 2.64 bits per heavy atom. The smallest absolute Gasteiger partial charge is 0.0992 e. The molecule has 0 aliphatic heterocycles. The summed E-state index contributed by atoms with van der Waals surface area (Å²) in [6.07, 6.45) is -0.337. The zero-order chi connectivity index (χ0) is 10.1. The molecule has 0 spiro atoms. The number of fused-ring (bicyclic) bond motifs is 1. The SMILES string of the molecule is C[C@H](O)[C@H](C)c1nc2ccccc2s1. The number of thiazole rings is 1. The number of hydrogen-bond donors (Lipinski definition) is 1. The van der Waals surface area contributed by atoms with Crippen molar-refractivity contribution < 1.29 is 5.11 Å². The Balaban J connectivity index is 2.45. The third-order valence-corrected chi connectivity index (χ3v) is 3.66.